The van der Waals surface area contributed by atoms with Crippen LogP contribution in [-0.4, -0.2) is 25.5 Å². The Bertz CT molecular complexity index is 985. The molecular formula is C25H26ClNOS. The van der Waals surface area contributed by atoms with Gasteiger partial charge in [0.15, 0.2) is 0 Å². The summed E-state index contributed by atoms with van der Waals surface area (Å²) in [6.07, 6.45) is 3.40. The predicted octanol–water partition coefficient (Wildman–Crippen LogP) is 6.54. The quantitative estimate of drug-likeness (QED) is 0.349. The van der Waals surface area contributed by atoms with Crippen molar-refractivity contribution in [3.63, 3.8) is 0 Å². The highest BCUT2D eigenvalue weighted by Gasteiger charge is 2.21. The van der Waals surface area contributed by atoms with Gasteiger partial charge >= 0.3 is 0 Å². The van der Waals surface area contributed by atoms with Crippen LogP contribution in [0.5, 0.6) is 5.75 Å². The minimum absolute atomic E-state index is 0. The summed E-state index contributed by atoms with van der Waals surface area (Å²) < 4.78 is 6.09. The molecule has 0 saturated heterocycles. The van der Waals surface area contributed by atoms with E-state index < -0.39 is 0 Å². The lowest BCUT2D eigenvalue weighted by Crippen LogP contribution is -2.12. The Morgan fingerprint density at radius 3 is 2.38 bits per heavy atom. The van der Waals surface area contributed by atoms with Crippen molar-refractivity contribution in [1.82, 2.24) is 4.90 Å². The highest BCUT2D eigenvalue weighted by molar-refractivity contribution is 7.99. The molecule has 0 saturated carbocycles. The predicted molar refractivity (Wildman–Crippen MR) is 125 cm³/mol. The summed E-state index contributed by atoms with van der Waals surface area (Å²) >= 11 is 1.84. The minimum Gasteiger partial charge on any atom is -0.489 e. The molecule has 2 nitrogen and oxygen atoms in total. The molecule has 0 unspecified atom stereocenters. The van der Waals surface area contributed by atoms with Gasteiger partial charge in [-0.25, -0.2) is 0 Å². The van der Waals surface area contributed by atoms with Crippen molar-refractivity contribution < 1.29 is 4.74 Å². The van der Waals surface area contributed by atoms with E-state index in [2.05, 4.69) is 79.7 Å². The normalized spacial score (nSPS) is 13.6. The fourth-order valence-electron chi connectivity index (χ4n) is 3.37. The molecule has 4 rings (SSSR count). The van der Waals surface area contributed by atoms with Crippen molar-refractivity contribution in [2.75, 3.05) is 20.6 Å². The molecule has 1 heterocycles. The first-order chi connectivity index (χ1) is 13.7. The van der Waals surface area contributed by atoms with Crippen LogP contribution in [-0.2, 0) is 6.61 Å². The topological polar surface area (TPSA) is 12.5 Å². The zero-order valence-corrected chi connectivity index (χ0v) is 18.4. The van der Waals surface area contributed by atoms with Gasteiger partial charge in [-0.05, 0) is 67.0 Å². The average molecular weight is 424 g/mol. The van der Waals surface area contributed by atoms with E-state index >= 15 is 0 Å². The third-order valence-electron chi connectivity index (χ3n) is 4.81. The lowest BCUT2D eigenvalue weighted by molar-refractivity contribution is 0.306. The number of hydrogen-bond acceptors (Lipinski definition) is 3. The number of fused-ring (bicyclic) bond motifs is 2. The highest BCUT2D eigenvalue weighted by atomic mass is 35.5. The zero-order valence-electron chi connectivity index (χ0n) is 16.8. The van der Waals surface area contributed by atoms with Crippen molar-refractivity contribution in [2.45, 2.75) is 22.8 Å². The number of halogens is 1. The standard InChI is InChI=1S/C25H25NOS.ClH/c1-26(2)16-8-12-21-22-11-6-7-13-24(22)28-25-15-14-20(17-23(21)25)27-18-19-9-4-3-5-10-19;/h3-7,9-15,17H,8,16,18H2,1-2H3;1H/b21-12+;. The van der Waals surface area contributed by atoms with Crippen LogP contribution < -0.4 is 4.74 Å². The Morgan fingerprint density at radius 1 is 0.862 bits per heavy atom. The fraction of sp³-hybridized carbons (Fsp3) is 0.200. The number of benzene rings is 3. The summed E-state index contributed by atoms with van der Waals surface area (Å²) in [7, 11) is 4.24. The summed E-state index contributed by atoms with van der Waals surface area (Å²) in [5.41, 5.74) is 5.09. The summed E-state index contributed by atoms with van der Waals surface area (Å²) in [5.74, 6) is 0.918. The molecule has 0 aromatic heterocycles. The molecule has 1 aliphatic rings. The Hall–Kier alpha value is -2.20. The minimum atomic E-state index is 0. The van der Waals surface area contributed by atoms with Crippen molar-refractivity contribution in [3.8, 4) is 5.75 Å². The van der Waals surface area contributed by atoms with E-state index in [1.54, 1.807) is 0 Å². The zero-order chi connectivity index (χ0) is 19.3. The second kappa shape index (κ2) is 10.0. The van der Waals surface area contributed by atoms with Crippen LogP contribution in [0.1, 0.15) is 23.1 Å². The van der Waals surface area contributed by atoms with Crippen LogP contribution in [0.3, 0.4) is 0 Å². The molecule has 0 radical (unpaired) electrons. The van der Waals surface area contributed by atoms with Gasteiger partial charge in [0.25, 0.3) is 0 Å². The Morgan fingerprint density at radius 2 is 1.59 bits per heavy atom. The maximum absolute atomic E-state index is 6.09. The SMILES string of the molecule is CN(C)CC/C=C1\c2ccccc2Sc2ccc(OCc3ccccc3)cc21.Cl. The van der Waals surface area contributed by atoms with Crippen LogP contribution in [0.4, 0.5) is 0 Å². The molecule has 0 aliphatic carbocycles. The lowest BCUT2D eigenvalue weighted by Gasteiger charge is -2.23. The molecule has 3 aromatic rings. The van der Waals surface area contributed by atoms with Gasteiger partial charge in [0, 0.05) is 16.3 Å². The fourth-order valence-corrected chi connectivity index (χ4v) is 4.45. The number of hydrogen-bond donors (Lipinski definition) is 0. The largest absolute Gasteiger partial charge is 0.489 e. The molecule has 0 spiro atoms. The molecule has 4 heteroatoms. The van der Waals surface area contributed by atoms with E-state index in [1.165, 1.54) is 32.1 Å². The number of nitrogens with zero attached hydrogens (tertiary/aromatic N) is 1. The van der Waals surface area contributed by atoms with Crippen molar-refractivity contribution in [3.05, 3.63) is 95.6 Å². The van der Waals surface area contributed by atoms with Gasteiger partial charge in [-0.2, -0.15) is 0 Å². The van der Waals surface area contributed by atoms with Crippen LogP contribution in [0, 0.1) is 0 Å². The Balaban J connectivity index is 0.00000240. The van der Waals surface area contributed by atoms with Gasteiger partial charge < -0.3 is 9.64 Å². The molecule has 0 fully saturated rings. The van der Waals surface area contributed by atoms with Crippen molar-refractivity contribution in [2.24, 2.45) is 0 Å². The second-order valence-electron chi connectivity index (χ2n) is 7.24. The Kier molecular flexibility index (Phi) is 7.43. The molecule has 1 aliphatic heterocycles. The first-order valence-corrected chi connectivity index (χ1v) is 10.5. The van der Waals surface area contributed by atoms with Crippen molar-refractivity contribution in [1.29, 1.82) is 0 Å². The molecule has 150 valence electrons. The van der Waals surface area contributed by atoms with Crippen LogP contribution in [0.2, 0.25) is 0 Å². The maximum atomic E-state index is 6.09. The maximum Gasteiger partial charge on any atom is 0.120 e. The molecule has 0 atom stereocenters. The first-order valence-electron chi connectivity index (χ1n) is 9.64. The summed E-state index contributed by atoms with van der Waals surface area (Å²) in [4.78, 5) is 4.84. The van der Waals surface area contributed by atoms with Gasteiger partial charge in [0.1, 0.15) is 12.4 Å². The summed E-state index contributed by atoms with van der Waals surface area (Å²) in [6.45, 7) is 1.63. The van der Waals surface area contributed by atoms with E-state index in [0.717, 1.165) is 18.7 Å². The van der Waals surface area contributed by atoms with E-state index in [0.29, 0.717) is 6.61 Å². The highest BCUT2D eigenvalue weighted by Crippen LogP contribution is 2.46. The van der Waals surface area contributed by atoms with Crippen molar-refractivity contribution >= 4 is 29.7 Å². The lowest BCUT2D eigenvalue weighted by atomic mass is 9.96. The molecular weight excluding hydrogens is 398 g/mol. The number of ether oxygens (including phenoxy) is 1. The molecule has 0 N–H and O–H groups in total. The third-order valence-corrected chi connectivity index (χ3v) is 5.96. The van der Waals surface area contributed by atoms with Gasteiger partial charge in [-0.3, -0.25) is 0 Å². The summed E-state index contributed by atoms with van der Waals surface area (Å²) in [5, 5.41) is 0. The second-order valence-corrected chi connectivity index (χ2v) is 8.32. The van der Waals surface area contributed by atoms with Gasteiger partial charge in [-0.1, -0.05) is 66.4 Å². The van der Waals surface area contributed by atoms with Crippen LogP contribution >= 0.6 is 24.2 Å². The smallest absolute Gasteiger partial charge is 0.120 e. The number of rotatable bonds is 6. The van der Waals surface area contributed by atoms with E-state index in [-0.39, 0.29) is 12.4 Å². The van der Waals surface area contributed by atoms with E-state index in [4.69, 9.17) is 4.74 Å². The van der Waals surface area contributed by atoms with Gasteiger partial charge in [-0.15, -0.1) is 12.4 Å². The molecule has 3 aromatic carbocycles. The molecule has 0 bridgehead atoms. The van der Waals surface area contributed by atoms with Gasteiger partial charge in [0.05, 0.1) is 0 Å². The first kappa shape index (κ1) is 21.5. The molecule has 29 heavy (non-hydrogen) atoms. The average Bonchev–Trinajstić information content (AvgIpc) is 2.72. The third kappa shape index (κ3) is 5.24. The van der Waals surface area contributed by atoms with Crippen LogP contribution in [0.25, 0.3) is 5.57 Å². The van der Waals surface area contributed by atoms with E-state index in [1.807, 2.05) is 30.0 Å². The molecule has 0 amide bonds. The summed E-state index contributed by atoms with van der Waals surface area (Å²) in [6, 6.07) is 25.5. The Labute approximate surface area is 184 Å². The van der Waals surface area contributed by atoms with E-state index in [9.17, 15) is 0 Å². The monoisotopic (exact) mass is 423 g/mol. The van der Waals surface area contributed by atoms with Gasteiger partial charge in [0.2, 0.25) is 0 Å². The van der Waals surface area contributed by atoms with Crippen LogP contribution in [0.15, 0.2) is 88.7 Å².